The van der Waals surface area contributed by atoms with Crippen molar-refractivity contribution in [3.8, 4) is 0 Å². The minimum absolute atomic E-state index is 0.102. The van der Waals surface area contributed by atoms with Crippen LogP contribution in [0.25, 0.3) is 0 Å². The van der Waals surface area contributed by atoms with Gasteiger partial charge < -0.3 is 16.4 Å². The summed E-state index contributed by atoms with van der Waals surface area (Å²) in [6.07, 6.45) is 2.31. The number of nitrogens with zero attached hydrogens (tertiary/aromatic N) is 3. The summed E-state index contributed by atoms with van der Waals surface area (Å²) >= 11 is 0. The van der Waals surface area contributed by atoms with E-state index < -0.39 is 5.91 Å². The summed E-state index contributed by atoms with van der Waals surface area (Å²) in [6, 6.07) is 9.38. The van der Waals surface area contributed by atoms with E-state index in [-0.39, 0.29) is 6.54 Å². The van der Waals surface area contributed by atoms with Crippen LogP contribution in [-0.2, 0) is 17.8 Å². The lowest BCUT2D eigenvalue weighted by Gasteiger charge is -2.22. The summed E-state index contributed by atoms with van der Waals surface area (Å²) in [7, 11) is 0. The van der Waals surface area contributed by atoms with Crippen molar-refractivity contribution in [3.63, 3.8) is 0 Å². The molecule has 0 aliphatic carbocycles. The molecular weight excluding hydrogens is 266 g/mol. The summed E-state index contributed by atoms with van der Waals surface area (Å²) in [5.41, 5.74) is 13.7. The smallest absolute Gasteiger partial charge is 0.237 e. The largest absolute Gasteiger partial charge is 0.399 e. The van der Waals surface area contributed by atoms with Gasteiger partial charge in [-0.15, -0.1) is 0 Å². The number of aryl methyl sites for hydroxylation is 1. The number of nitrogen functional groups attached to an aromatic ring is 1. The molecule has 110 valence electrons. The molecule has 0 atom stereocenters. The number of carbonyl (C=O) groups is 1. The standard InChI is InChI=1S/C15H19N5O/c1-2-13-7-15(19-10-18-13)20(9-14(17)21)8-11-3-5-12(16)6-4-11/h3-7,10H,2,8-9,16H2,1H3,(H2,17,21). The molecule has 2 rings (SSSR count). The first-order chi connectivity index (χ1) is 10.1. The molecule has 1 aromatic heterocycles. The molecule has 21 heavy (non-hydrogen) atoms. The van der Waals surface area contributed by atoms with Crippen molar-refractivity contribution in [1.82, 2.24) is 9.97 Å². The number of amides is 1. The van der Waals surface area contributed by atoms with Crippen LogP contribution in [0.3, 0.4) is 0 Å². The second kappa shape index (κ2) is 6.69. The molecule has 1 aromatic carbocycles. The van der Waals surface area contributed by atoms with Crippen LogP contribution in [0.1, 0.15) is 18.2 Å². The first-order valence-corrected chi connectivity index (χ1v) is 6.77. The van der Waals surface area contributed by atoms with E-state index >= 15 is 0 Å². The van der Waals surface area contributed by atoms with E-state index in [2.05, 4.69) is 9.97 Å². The molecule has 0 saturated heterocycles. The normalized spacial score (nSPS) is 10.3. The topological polar surface area (TPSA) is 98.1 Å². The van der Waals surface area contributed by atoms with Crippen LogP contribution < -0.4 is 16.4 Å². The summed E-state index contributed by atoms with van der Waals surface area (Å²) in [5.74, 6) is 0.291. The summed E-state index contributed by atoms with van der Waals surface area (Å²) in [4.78, 5) is 21.5. The number of hydrogen-bond acceptors (Lipinski definition) is 5. The van der Waals surface area contributed by atoms with Gasteiger partial charge in [-0.2, -0.15) is 0 Å². The zero-order valence-corrected chi connectivity index (χ0v) is 12.0. The Hall–Kier alpha value is -2.63. The molecule has 2 aromatic rings. The van der Waals surface area contributed by atoms with Gasteiger partial charge in [-0.25, -0.2) is 9.97 Å². The van der Waals surface area contributed by atoms with Crippen LogP contribution in [0.15, 0.2) is 36.7 Å². The van der Waals surface area contributed by atoms with Gasteiger partial charge in [0.15, 0.2) is 0 Å². The van der Waals surface area contributed by atoms with Gasteiger partial charge in [-0.05, 0) is 24.1 Å². The fraction of sp³-hybridized carbons (Fsp3) is 0.267. The summed E-state index contributed by atoms with van der Waals surface area (Å²) in [6.45, 7) is 2.65. The molecule has 0 unspecified atom stereocenters. The predicted molar refractivity (Wildman–Crippen MR) is 82.5 cm³/mol. The average Bonchev–Trinajstić information content (AvgIpc) is 2.48. The maximum atomic E-state index is 11.3. The number of rotatable bonds is 6. The van der Waals surface area contributed by atoms with Crippen molar-refractivity contribution in [3.05, 3.63) is 47.9 Å². The van der Waals surface area contributed by atoms with Gasteiger partial charge >= 0.3 is 0 Å². The van der Waals surface area contributed by atoms with E-state index in [4.69, 9.17) is 11.5 Å². The van der Waals surface area contributed by atoms with E-state index in [1.165, 1.54) is 6.33 Å². The highest BCUT2D eigenvalue weighted by Crippen LogP contribution is 2.16. The third-order valence-corrected chi connectivity index (χ3v) is 3.10. The maximum absolute atomic E-state index is 11.3. The van der Waals surface area contributed by atoms with Crippen LogP contribution in [0.2, 0.25) is 0 Å². The van der Waals surface area contributed by atoms with Crippen LogP contribution in [0.4, 0.5) is 11.5 Å². The van der Waals surface area contributed by atoms with Gasteiger partial charge in [-0.3, -0.25) is 4.79 Å². The fourth-order valence-corrected chi connectivity index (χ4v) is 2.00. The molecule has 1 heterocycles. The third kappa shape index (κ3) is 4.17. The SMILES string of the molecule is CCc1cc(N(CC(N)=O)Cc2ccc(N)cc2)ncn1. The second-order valence-electron chi connectivity index (χ2n) is 4.79. The number of primary amides is 1. The van der Waals surface area contributed by atoms with Crippen LogP contribution in [0, 0.1) is 0 Å². The highest BCUT2D eigenvalue weighted by Gasteiger charge is 2.12. The molecule has 1 amide bonds. The Bertz CT molecular complexity index is 612. The fourth-order valence-electron chi connectivity index (χ4n) is 2.00. The molecule has 0 fully saturated rings. The van der Waals surface area contributed by atoms with E-state index in [0.29, 0.717) is 18.1 Å². The molecule has 0 radical (unpaired) electrons. The minimum atomic E-state index is -0.401. The highest BCUT2D eigenvalue weighted by molar-refractivity contribution is 5.79. The Balaban J connectivity index is 2.24. The number of carbonyl (C=O) groups excluding carboxylic acids is 1. The predicted octanol–water partition coefficient (Wildman–Crippen LogP) is 1.11. The number of anilines is 2. The molecule has 6 nitrogen and oxygen atoms in total. The van der Waals surface area contributed by atoms with E-state index in [9.17, 15) is 4.79 Å². The first kappa shape index (κ1) is 14.8. The van der Waals surface area contributed by atoms with Gasteiger partial charge in [0.05, 0.1) is 6.54 Å². The number of benzene rings is 1. The first-order valence-electron chi connectivity index (χ1n) is 6.77. The van der Waals surface area contributed by atoms with Crippen molar-refractivity contribution in [2.45, 2.75) is 19.9 Å². The van der Waals surface area contributed by atoms with Gasteiger partial charge in [0.1, 0.15) is 12.1 Å². The van der Waals surface area contributed by atoms with Crippen molar-refractivity contribution >= 4 is 17.4 Å². The minimum Gasteiger partial charge on any atom is -0.399 e. The average molecular weight is 285 g/mol. The van der Waals surface area contributed by atoms with Crippen molar-refractivity contribution < 1.29 is 4.79 Å². The quantitative estimate of drug-likeness (QED) is 0.775. The van der Waals surface area contributed by atoms with Crippen molar-refractivity contribution in [2.75, 3.05) is 17.2 Å². The Kier molecular flexibility index (Phi) is 4.71. The monoisotopic (exact) mass is 285 g/mol. The van der Waals surface area contributed by atoms with Crippen LogP contribution >= 0.6 is 0 Å². The van der Waals surface area contributed by atoms with E-state index in [1.54, 1.807) is 0 Å². The van der Waals surface area contributed by atoms with Gasteiger partial charge in [-0.1, -0.05) is 19.1 Å². The highest BCUT2D eigenvalue weighted by atomic mass is 16.1. The molecule has 0 saturated carbocycles. The van der Waals surface area contributed by atoms with Gasteiger partial charge in [0, 0.05) is 24.0 Å². The van der Waals surface area contributed by atoms with Crippen molar-refractivity contribution in [1.29, 1.82) is 0 Å². The lowest BCUT2D eigenvalue weighted by Crippen LogP contribution is -2.34. The molecule has 4 N–H and O–H groups in total. The summed E-state index contributed by atoms with van der Waals surface area (Å²) in [5, 5.41) is 0. The Morgan fingerprint density at radius 1 is 1.24 bits per heavy atom. The third-order valence-electron chi connectivity index (χ3n) is 3.10. The number of nitrogens with two attached hydrogens (primary N) is 2. The lowest BCUT2D eigenvalue weighted by molar-refractivity contribution is -0.116. The molecule has 0 aliphatic rings. The molecule has 0 bridgehead atoms. The molecule has 6 heteroatoms. The van der Waals surface area contributed by atoms with Crippen LogP contribution in [-0.4, -0.2) is 22.4 Å². The summed E-state index contributed by atoms with van der Waals surface area (Å²) < 4.78 is 0. The maximum Gasteiger partial charge on any atom is 0.237 e. The second-order valence-corrected chi connectivity index (χ2v) is 4.79. The lowest BCUT2D eigenvalue weighted by atomic mass is 10.2. The Labute approximate surface area is 123 Å². The van der Waals surface area contributed by atoms with Crippen molar-refractivity contribution in [2.24, 2.45) is 5.73 Å². The van der Waals surface area contributed by atoms with E-state index in [0.717, 1.165) is 17.7 Å². The molecule has 0 spiro atoms. The Morgan fingerprint density at radius 2 is 1.95 bits per heavy atom. The molecule has 0 aliphatic heterocycles. The zero-order valence-electron chi connectivity index (χ0n) is 12.0. The Morgan fingerprint density at radius 3 is 2.57 bits per heavy atom. The van der Waals surface area contributed by atoms with E-state index in [1.807, 2.05) is 42.2 Å². The number of aromatic nitrogens is 2. The van der Waals surface area contributed by atoms with Gasteiger partial charge in [0.2, 0.25) is 5.91 Å². The van der Waals surface area contributed by atoms with Gasteiger partial charge in [0.25, 0.3) is 0 Å². The van der Waals surface area contributed by atoms with Crippen LogP contribution in [0.5, 0.6) is 0 Å². The zero-order chi connectivity index (χ0) is 15.2. The molecular formula is C15H19N5O. The number of hydrogen-bond donors (Lipinski definition) is 2.